The lowest BCUT2D eigenvalue weighted by Crippen LogP contribution is -2.46. The van der Waals surface area contributed by atoms with Crippen LogP contribution in [0.5, 0.6) is 0 Å². The SMILES string of the molecule is CCCC[C@H]1CN(Cc2ccc(CN3C[C@@](CCC4CCCCC4)(CC4CCCCC4)NC3=N)cc2)C(=O)N1. The number of hydrogen-bond acceptors (Lipinski definition) is 2. The Morgan fingerprint density at radius 2 is 1.49 bits per heavy atom. The van der Waals surface area contributed by atoms with Gasteiger partial charge in [0.1, 0.15) is 0 Å². The van der Waals surface area contributed by atoms with Crippen molar-refractivity contribution in [3.05, 3.63) is 35.4 Å². The van der Waals surface area contributed by atoms with Gasteiger partial charge in [-0.3, -0.25) is 5.41 Å². The monoisotopic (exact) mass is 535 g/mol. The first-order chi connectivity index (χ1) is 19.0. The standard InChI is InChI=1S/C33H53N5O/c1-2-3-14-30-24-37(32(39)35-30)22-28-15-17-29(18-16-28)23-38-25-33(36-31(38)34,21-27-12-8-5-9-13-27)20-19-26-10-6-4-7-11-26/h15-18,26-27,30H,2-14,19-25H2,1H3,(H2,34,36)(H,35,39)/t30-,33+/m0/s1. The third-order valence-corrected chi connectivity index (χ3v) is 10.1. The molecule has 0 spiro atoms. The first-order valence-corrected chi connectivity index (χ1v) is 16.3. The zero-order valence-corrected chi connectivity index (χ0v) is 24.5. The third kappa shape index (κ3) is 7.70. The number of carbonyl (C=O) groups excluding carboxylic acids is 1. The summed E-state index contributed by atoms with van der Waals surface area (Å²) in [5, 5.41) is 15.8. The van der Waals surface area contributed by atoms with Crippen molar-refractivity contribution in [2.45, 2.75) is 134 Å². The summed E-state index contributed by atoms with van der Waals surface area (Å²) in [5.74, 6) is 2.32. The molecule has 3 N–H and O–H groups in total. The largest absolute Gasteiger partial charge is 0.349 e. The van der Waals surface area contributed by atoms with Crippen molar-refractivity contribution < 1.29 is 4.79 Å². The van der Waals surface area contributed by atoms with Gasteiger partial charge in [0, 0.05) is 32.2 Å². The summed E-state index contributed by atoms with van der Waals surface area (Å²) in [7, 11) is 0. The highest BCUT2D eigenvalue weighted by atomic mass is 16.2. The molecule has 4 aliphatic rings. The molecule has 2 aliphatic heterocycles. The number of benzene rings is 1. The summed E-state index contributed by atoms with van der Waals surface area (Å²) in [6.07, 6.45) is 21.1. The molecule has 2 aliphatic carbocycles. The highest BCUT2D eigenvalue weighted by Crippen LogP contribution is 2.38. The molecule has 2 heterocycles. The van der Waals surface area contributed by atoms with Gasteiger partial charge < -0.3 is 20.4 Å². The summed E-state index contributed by atoms with van der Waals surface area (Å²) in [6.45, 7) is 5.42. The van der Waals surface area contributed by atoms with Crippen LogP contribution in [0.3, 0.4) is 0 Å². The van der Waals surface area contributed by atoms with E-state index in [1.54, 1.807) is 0 Å². The second-order valence-corrected chi connectivity index (χ2v) is 13.3. The first kappa shape index (κ1) is 28.3. The molecule has 0 bridgehead atoms. The Balaban J connectivity index is 1.18. The predicted molar refractivity (Wildman–Crippen MR) is 160 cm³/mol. The minimum absolute atomic E-state index is 0.0634. The van der Waals surface area contributed by atoms with Gasteiger partial charge in [-0.15, -0.1) is 0 Å². The molecule has 0 aromatic heterocycles. The number of carbonyl (C=O) groups is 1. The van der Waals surface area contributed by atoms with E-state index in [-0.39, 0.29) is 17.6 Å². The average Bonchev–Trinajstić information content (AvgIpc) is 3.46. The van der Waals surface area contributed by atoms with E-state index in [0.717, 1.165) is 44.3 Å². The Kier molecular flexibility index (Phi) is 9.73. The fourth-order valence-corrected chi connectivity index (χ4v) is 7.81. The second kappa shape index (κ2) is 13.4. The Morgan fingerprint density at radius 1 is 0.872 bits per heavy atom. The number of amides is 2. The lowest BCUT2D eigenvalue weighted by Gasteiger charge is -2.36. The number of guanidine groups is 1. The molecule has 0 unspecified atom stereocenters. The first-order valence-electron chi connectivity index (χ1n) is 16.3. The summed E-state index contributed by atoms with van der Waals surface area (Å²) in [6, 6.07) is 9.11. The van der Waals surface area contributed by atoms with Gasteiger partial charge in [0.2, 0.25) is 0 Å². The minimum atomic E-state index is 0.0634. The van der Waals surface area contributed by atoms with E-state index in [1.165, 1.54) is 101 Å². The fourth-order valence-electron chi connectivity index (χ4n) is 7.81. The van der Waals surface area contributed by atoms with E-state index >= 15 is 0 Å². The van der Waals surface area contributed by atoms with Crippen LogP contribution in [0.2, 0.25) is 0 Å². The fraction of sp³-hybridized carbons (Fsp3) is 0.758. The number of unbranched alkanes of at least 4 members (excludes halogenated alkanes) is 1. The zero-order chi connectivity index (χ0) is 27.1. The summed E-state index contributed by atoms with van der Waals surface area (Å²) >= 11 is 0. The number of nitrogens with zero attached hydrogens (tertiary/aromatic N) is 2. The van der Waals surface area contributed by atoms with E-state index in [0.29, 0.717) is 12.5 Å². The van der Waals surface area contributed by atoms with Gasteiger partial charge >= 0.3 is 6.03 Å². The number of hydrogen-bond donors (Lipinski definition) is 3. The Labute approximate surface area is 237 Å². The molecule has 2 saturated heterocycles. The maximum Gasteiger partial charge on any atom is 0.318 e. The highest BCUT2D eigenvalue weighted by Gasteiger charge is 2.42. The molecule has 216 valence electrons. The van der Waals surface area contributed by atoms with Crippen LogP contribution in [0.25, 0.3) is 0 Å². The lowest BCUT2D eigenvalue weighted by atomic mass is 9.75. The molecule has 2 amide bonds. The molecule has 1 aromatic rings. The van der Waals surface area contributed by atoms with Crippen LogP contribution in [-0.2, 0) is 13.1 Å². The molecule has 2 saturated carbocycles. The van der Waals surface area contributed by atoms with Crippen LogP contribution >= 0.6 is 0 Å². The van der Waals surface area contributed by atoms with Gasteiger partial charge in [-0.1, -0.05) is 108 Å². The normalized spacial score (nSPS) is 26.7. The predicted octanol–water partition coefficient (Wildman–Crippen LogP) is 7.18. The molecule has 39 heavy (non-hydrogen) atoms. The highest BCUT2D eigenvalue weighted by molar-refractivity contribution is 5.80. The van der Waals surface area contributed by atoms with Gasteiger partial charge in [-0.25, -0.2) is 4.79 Å². The smallest absolute Gasteiger partial charge is 0.318 e. The maximum absolute atomic E-state index is 12.4. The molecule has 1 aromatic carbocycles. The van der Waals surface area contributed by atoms with Crippen molar-refractivity contribution in [1.82, 2.24) is 20.4 Å². The Morgan fingerprint density at radius 3 is 2.13 bits per heavy atom. The van der Waals surface area contributed by atoms with Gasteiger partial charge in [0.15, 0.2) is 5.96 Å². The lowest BCUT2D eigenvalue weighted by molar-refractivity contribution is 0.200. The second-order valence-electron chi connectivity index (χ2n) is 13.3. The Bertz CT molecular complexity index is 936. The third-order valence-electron chi connectivity index (χ3n) is 10.1. The van der Waals surface area contributed by atoms with Crippen LogP contribution in [0.4, 0.5) is 4.79 Å². The van der Waals surface area contributed by atoms with Crippen molar-refractivity contribution in [3.8, 4) is 0 Å². The van der Waals surface area contributed by atoms with E-state index in [2.05, 4.69) is 46.7 Å². The van der Waals surface area contributed by atoms with Gasteiger partial charge in [0.05, 0.1) is 5.54 Å². The molecule has 6 nitrogen and oxygen atoms in total. The molecule has 6 heteroatoms. The van der Waals surface area contributed by atoms with E-state index in [4.69, 9.17) is 5.41 Å². The summed E-state index contributed by atoms with van der Waals surface area (Å²) < 4.78 is 0. The Hall–Kier alpha value is -2.24. The van der Waals surface area contributed by atoms with Gasteiger partial charge in [0.25, 0.3) is 0 Å². The molecular formula is C33H53N5O. The van der Waals surface area contributed by atoms with Crippen LogP contribution in [0.15, 0.2) is 24.3 Å². The van der Waals surface area contributed by atoms with Crippen molar-refractivity contribution in [3.63, 3.8) is 0 Å². The average molecular weight is 536 g/mol. The number of nitrogens with one attached hydrogen (secondary N) is 3. The van der Waals surface area contributed by atoms with Crippen molar-refractivity contribution in [2.75, 3.05) is 13.1 Å². The maximum atomic E-state index is 12.4. The zero-order valence-electron chi connectivity index (χ0n) is 24.5. The molecular weight excluding hydrogens is 482 g/mol. The van der Waals surface area contributed by atoms with Crippen molar-refractivity contribution in [1.29, 1.82) is 5.41 Å². The van der Waals surface area contributed by atoms with Crippen molar-refractivity contribution in [2.24, 2.45) is 11.8 Å². The van der Waals surface area contributed by atoms with Crippen LogP contribution < -0.4 is 10.6 Å². The molecule has 5 rings (SSSR count). The van der Waals surface area contributed by atoms with E-state index in [9.17, 15) is 4.79 Å². The topological polar surface area (TPSA) is 71.5 Å². The molecule has 2 atom stereocenters. The van der Waals surface area contributed by atoms with E-state index < -0.39 is 0 Å². The van der Waals surface area contributed by atoms with Crippen LogP contribution in [0, 0.1) is 17.2 Å². The number of urea groups is 1. The van der Waals surface area contributed by atoms with Crippen LogP contribution in [0.1, 0.15) is 121 Å². The molecule has 0 radical (unpaired) electrons. The molecule has 4 fully saturated rings. The quantitative estimate of drug-likeness (QED) is 0.265. The van der Waals surface area contributed by atoms with Crippen molar-refractivity contribution >= 4 is 12.0 Å². The number of rotatable bonds is 12. The van der Waals surface area contributed by atoms with Gasteiger partial charge in [-0.05, 0) is 48.6 Å². The summed E-state index contributed by atoms with van der Waals surface area (Å²) in [5.41, 5.74) is 2.49. The van der Waals surface area contributed by atoms with Gasteiger partial charge in [-0.2, -0.15) is 0 Å². The van der Waals surface area contributed by atoms with Crippen LogP contribution in [-0.4, -0.2) is 46.5 Å². The van der Waals surface area contributed by atoms with E-state index in [1.807, 2.05) is 4.90 Å². The summed E-state index contributed by atoms with van der Waals surface area (Å²) in [4.78, 5) is 16.6. The minimum Gasteiger partial charge on any atom is -0.349 e.